The molecule has 0 aromatic heterocycles. The molecule has 0 aliphatic carbocycles. The Labute approximate surface area is 142 Å². The molecule has 24 heavy (non-hydrogen) atoms. The Morgan fingerprint density at radius 3 is 2.42 bits per heavy atom. The van der Waals surface area contributed by atoms with Gasteiger partial charge < -0.3 is 15.4 Å². The number of amides is 2. The SMILES string of the molecule is CC(=O)Nc1cccc(C(=O)NCc2ccc(OC(C)C)cc2)c1. The Morgan fingerprint density at radius 2 is 1.79 bits per heavy atom. The maximum Gasteiger partial charge on any atom is 0.251 e. The van der Waals surface area contributed by atoms with Crippen molar-refractivity contribution in [1.82, 2.24) is 5.32 Å². The first-order valence-electron chi connectivity index (χ1n) is 7.85. The lowest BCUT2D eigenvalue weighted by molar-refractivity contribution is -0.114. The molecule has 0 atom stereocenters. The topological polar surface area (TPSA) is 67.4 Å². The third kappa shape index (κ3) is 5.43. The van der Waals surface area contributed by atoms with Crippen molar-refractivity contribution in [3.8, 4) is 5.75 Å². The van der Waals surface area contributed by atoms with Crippen LogP contribution in [0, 0.1) is 0 Å². The Kier molecular flexibility index (Phi) is 5.95. The minimum atomic E-state index is -0.190. The molecule has 2 rings (SSSR count). The van der Waals surface area contributed by atoms with Gasteiger partial charge in [-0.3, -0.25) is 9.59 Å². The van der Waals surface area contributed by atoms with Crippen LogP contribution in [-0.4, -0.2) is 17.9 Å². The van der Waals surface area contributed by atoms with Gasteiger partial charge in [0.25, 0.3) is 5.91 Å². The zero-order chi connectivity index (χ0) is 17.5. The number of nitrogens with one attached hydrogen (secondary N) is 2. The molecule has 2 aromatic carbocycles. The third-order valence-electron chi connectivity index (χ3n) is 3.19. The second-order valence-corrected chi connectivity index (χ2v) is 5.76. The van der Waals surface area contributed by atoms with E-state index >= 15 is 0 Å². The highest BCUT2D eigenvalue weighted by Gasteiger charge is 2.07. The monoisotopic (exact) mass is 326 g/mol. The van der Waals surface area contributed by atoms with E-state index in [0.29, 0.717) is 17.8 Å². The number of carbonyl (C=O) groups is 2. The van der Waals surface area contributed by atoms with Crippen molar-refractivity contribution in [1.29, 1.82) is 0 Å². The first kappa shape index (κ1) is 17.5. The highest BCUT2D eigenvalue weighted by atomic mass is 16.5. The first-order valence-corrected chi connectivity index (χ1v) is 7.85. The van der Waals surface area contributed by atoms with Crippen LogP contribution in [0.5, 0.6) is 5.75 Å². The van der Waals surface area contributed by atoms with Gasteiger partial charge in [-0.2, -0.15) is 0 Å². The molecule has 0 aliphatic rings. The van der Waals surface area contributed by atoms with Gasteiger partial charge in [0.1, 0.15) is 5.75 Å². The van der Waals surface area contributed by atoms with E-state index in [0.717, 1.165) is 11.3 Å². The van der Waals surface area contributed by atoms with Gasteiger partial charge in [0, 0.05) is 24.7 Å². The molecule has 2 aromatic rings. The number of rotatable bonds is 6. The molecule has 0 unspecified atom stereocenters. The molecule has 0 saturated heterocycles. The number of carbonyl (C=O) groups excluding carboxylic acids is 2. The largest absolute Gasteiger partial charge is 0.491 e. The Hall–Kier alpha value is -2.82. The van der Waals surface area contributed by atoms with Crippen LogP contribution in [0.4, 0.5) is 5.69 Å². The molecule has 5 heteroatoms. The summed E-state index contributed by atoms with van der Waals surface area (Å²) in [5.41, 5.74) is 2.09. The van der Waals surface area contributed by atoms with E-state index in [1.807, 2.05) is 38.1 Å². The highest BCUT2D eigenvalue weighted by molar-refractivity contribution is 5.96. The molecule has 0 aliphatic heterocycles. The summed E-state index contributed by atoms with van der Waals surface area (Å²) < 4.78 is 5.59. The summed E-state index contributed by atoms with van der Waals surface area (Å²) >= 11 is 0. The van der Waals surface area contributed by atoms with Crippen molar-refractivity contribution >= 4 is 17.5 Å². The van der Waals surface area contributed by atoms with E-state index in [9.17, 15) is 9.59 Å². The summed E-state index contributed by atoms with van der Waals surface area (Å²) in [4.78, 5) is 23.3. The zero-order valence-corrected chi connectivity index (χ0v) is 14.1. The van der Waals surface area contributed by atoms with Crippen molar-refractivity contribution in [2.24, 2.45) is 0 Å². The van der Waals surface area contributed by atoms with Gasteiger partial charge in [0.2, 0.25) is 5.91 Å². The predicted molar refractivity (Wildman–Crippen MR) is 94.1 cm³/mol. The minimum Gasteiger partial charge on any atom is -0.491 e. The maximum atomic E-state index is 12.2. The average Bonchev–Trinajstić information content (AvgIpc) is 2.53. The quantitative estimate of drug-likeness (QED) is 0.855. The molecule has 0 saturated carbocycles. The molecule has 126 valence electrons. The predicted octanol–water partition coefficient (Wildman–Crippen LogP) is 3.36. The Morgan fingerprint density at radius 1 is 1.08 bits per heavy atom. The molecule has 0 bridgehead atoms. The fourth-order valence-corrected chi connectivity index (χ4v) is 2.18. The summed E-state index contributed by atoms with van der Waals surface area (Å²) in [5.74, 6) is 0.448. The van der Waals surface area contributed by atoms with E-state index in [-0.39, 0.29) is 17.9 Å². The summed E-state index contributed by atoms with van der Waals surface area (Å²) in [6.07, 6.45) is 0.131. The van der Waals surface area contributed by atoms with Crippen LogP contribution in [-0.2, 0) is 11.3 Å². The van der Waals surface area contributed by atoms with Crippen molar-refractivity contribution in [3.63, 3.8) is 0 Å². The van der Waals surface area contributed by atoms with Crippen LogP contribution in [0.3, 0.4) is 0 Å². The van der Waals surface area contributed by atoms with E-state index < -0.39 is 0 Å². The summed E-state index contributed by atoms with van der Waals surface area (Å²) in [6.45, 7) is 5.80. The standard InChI is InChI=1S/C19H22N2O3/c1-13(2)24-18-9-7-15(8-10-18)12-20-19(23)16-5-4-6-17(11-16)21-14(3)22/h4-11,13H,12H2,1-3H3,(H,20,23)(H,21,22). The van der Waals surface area contributed by atoms with E-state index in [4.69, 9.17) is 4.74 Å². The van der Waals surface area contributed by atoms with Crippen LogP contribution in [0.15, 0.2) is 48.5 Å². The summed E-state index contributed by atoms with van der Waals surface area (Å²) in [7, 11) is 0. The molecule has 2 N–H and O–H groups in total. The number of benzene rings is 2. The van der Waals surface area contributed by atoms with Crippen LogP contribution in [0.2, 0.25) is 0 Å². The van der Waals surface area contributed by atoms with Gasteiger partial charge in [0.05, 0.1) is 6.10 Å². The summed E-state index contributed by atoms with van der Waals surface area (Å²) in [6, 6.07) is 14.5. The number of anilines is 1. The molecule has 5 nitrogen and oxygen atoms in total. The molecule has 0 radical (unpaired) electrons. The molecule has 0 heterocycles. The van der Waals surface area contributed by atoms with Crippen molar-refractivity contribution in [2.45, 2.75) is 33.4 Å². The minimum absolute atomic E-state index is 0.131. The normalized spacial score (nSPS) is 10.3. The fraction of sp³-hybridized carbons (Fsp3) is 0.263. The maximum absolute atomic E-state index is 12.2. The Balaban J connectivity index is 1.94. The lowest BCUT2D eigenvalue weighted by Crippen LogP contribution is -2.23. The third-order valence-corrected chi connectivity index (χ3v) is 3.19. The van der Waals surface area contributed by atoms with Crippen LogP contribution < -0.4 is 15.4 Å². The number of hydrogen-bond donors (Lipinski definition) is 2. The second kappa shape index (κ2) is 8.15. The molecular weight excluding hydrogens is 304 g/mol. The lowest BCUT2D eigenvalue weighted by Gasteiger charge is -2.11. The number of ether oxygens (including phenoxy) is 1. The van der Waals surface area contributed by atoms with E-state index in [1.165, 1.54) is 6.92 Å². The van der Waals surface area contributed by atoms with Crippen molar-refractivity contribution in [3.05, 3.63) is 59.7 Å². The van der Waals surface area contributed by atoms with Gasteiger partial charge in [-0.05, 0) is 49.7 Å². The lowest BCUT2D eigenvalue weighted by atomic mass is 10.1. The first-order chi connectivity index (χ1) is 11.4. The molecular formula is C19H22N2O3. The fourth-order valence-electron chi connectivity index (χ4n) is 2.18. The number of hydrogen-bond acceptors (Lipinski definition) is 3. The van der Waals surface area contributed by atoms with Crippen LogP contribution in [0.1, 0.15) is 36.7 Å². The van der Waals surface area contributed by atoms with Crippen molar-refractivity contribution < 1.29 is 14.3 Å². The van der Waals surface area contributed by atoms with Crippen LogP contribution in [0.25, 0.3) is 0 Å². The highest BCUT2D eigenvalue weighted by Crippen LogP contribution is 2.14. The van der Waals surface area contributed by atoms with Crippen molar-refractivity contribution in [2.75, 3.05) is 5.32 Å². The Bertz CT molecular complexity index is 709. The summed E-state index contributed by atoms with van der Waals surface area (Å²) in [5, 5.41) is 5.53. The van der Waals surface area contributed by atoms with Gasteiger partial charge >= 0.3 is 0 Å². The van der Waals surface area contributed by atoms with Gasteiger partial charge in [0.15, 0.2) is 0 Å². The van der Waals surface area contributed by atoms with Crippen LogP contribution >= 0.6 is 0 Å². The van der Waals surface area contributed by atoms with E-state index in [1.54, 1.807) is 24.3 Å². The van der Waals surface area contributed by atoms with E-state index in [2.05, 4.69) is 10.6 Å². The smallest absolute Gasteiger partial charge is 0.251 e. The van der Waals surface area contributed by atoms with Gasteiger partial charge in [-0.1, -0.05) is 18.2 Å². The molecule has 0 fully saturated rings. The molecule has 2 amide bonds. The second-order valence-electron chi connectivity index (χ2n) is 5.76. The van der Waals surface area contributed by atoms with Gasteiger partial charge in [-0.25, -0.2) is 0 Å². The average molecular weight is 326 g/mol. The molecule has 0 spiro atoms. The zero-order valence-electron chi connectivity index (χ0n) is 14.1. The van der Waals surface area contributed by atoms with Gasteiger partial charge in [-0.15, -0.1) is 0 Å².